The molecule has 174 valence electrons. The third-order valence-corrected chi connectivity index (χ3v) is 7.23. The zero-order valence-electron chi connectivity index (χ0n) is 16.0. The van der Waals surface area contributed by atoms with Crippen molar-refractivity contribution in [1.29, 1.82) is 0 Å². The zero-order valence-corrected chi connectivity index (χ0v) is 22.5. The highest BCUT2D eigenvalue weighted by Gasteiger charge is 2.31. The average Bonchev–Trinajstić information content (AvgIpc) is 2.74. The Bertz CT molecular complexity index is 750. The number of amides is 3. The highest BCUT2D eigenvalue weighted by Crippen LogP contribution is 2.37. The molecule has 0 heterocycles. The van der Waals surface area contributed by atoms with Gasteiger partial charge in [0.25, 0.3) is 11.8 Å². The molecule has 0 fully saturated rings. The lowest BCUT2D eigenvalue weighted by atomic mass is 10.1. The predicted octanol–water partition coefficient (Wildman–Crippen LogP) is -1.38. The van der Waals surface area contributed by atoms with Crippen molar-refractivity contribution < 1.29 is 39.9 Å². The number of benzene rings is 1. The number of halogens is 3. The summed E-state index contributed by atoms with van der Waals surface area (Å²) in [6.45, 7) is -2.52. The van der Waals surface area contributed by atoms with E-state index in [0.717, 1.165) is 4.90 Å². The normalized spacial score (nSPS) is 11.0. The first-order chi connectivity index (χ1) is 14.7. The second-order valence-electron chi connectivity index (χ2n) is 6.13. The van der Waals surface area contributed by atoms with Crippen LogP contribution in [0.2, 0.25) is 0 Å². The van der Waals surface area contributed by atoms with E-state index in [9.17, 15) is 39.9 Å². The van der Waals surface area contributed by atoms with Crippen molar-refractivity contribution in [3.8, 4) is 0 Å². The Kier molecular flexibility index (Phi) is 12.9. The summed E-state index contributed by atoms with van der Waals surface area (Å²) in [5.41, 5.74) is 0.279. The lowest BCUT2D eigenvalue weighted by Gasteiger charge is -2.25. The van der Waals surface area contributed by atoms with Crippen LogP contribution in [0.5, 0.6) is 0 Å². The Balaban J connectivity index is 3.74. The standard InChI is InChI=1S/C17H22I3N3O8/c18-12-10(16(30)21-8(3-25)4-26)13(19)15(23(7-29)1-2-24)14(20)11(12)17(31)22-9(5-27)6-28/h7-9,24-28H,1-6H2,(H,21,30)(H,22,31). The van der Waals surface area contributed by atoms with E-state index in [-0.39, 0.29) is 33.5 Å². The summed E-state index contributed by atoms with van der Waals surface area (Å²) in [7, 11) is 0. The first-order valence-electron chi connectivity index (χ1n) is 8.80. The quantitative estimate of drug-likeness (QED) is 0.100. The van der Waals surface area contributed by atoms with Gasteiger partial charge in [-0.3, -0.25) is 14.4 Å². The monoisotopic (exact) mass is 777 g/mol. The van der Waals surface area contributed by atoms with E-state index >= 15 is 0 Å². The SMILES string of the molecule is O=CN(CCO)c1c(I)c(C(=O)NC(CO)CO)c(I)c(C(=O)NC(CO)CO)c1I. The summed E-state index contributed by atoms with van der Waals surface area (Å²) in [6, 6.07) is -1.88. The van der Waals surface area contributed by atoms with E-state index in [1.165, 1.54) is 0 Å². The Morgan fingerprint density at radius 1 is 0.806 bits per heavy atom. The van der Waals surface area contributed by atoms with Crippen LogP contribution >= 0.6 is 67.8 Å². The number of carbonyl (C=O) groups is 3. The fraction of sp³-hybridized carbons (Fsp3) is 0.471. The van der Waals surface area contributed by atoms with Crippen molar-refractivity contribution in [2.24, 2.45) is 0 Å². The molecule has 0 aliphatic heterocycles. The Hall–Kier alpha value is -0.380. The maximum absolute atomic E-state index is 12.9. The summed E-state index contributed by atoms with van der Waals surface area (Å²) in [4.78, 5) is 38.7. The Morgan fingerprint density at radius 3 is 1.48 bits per heavy atom. The molecule has 0 bridgehead atoms. The molecule has 11 nitrogen and oxygen atoms in total. The minimum Gasteiger partial charge on any atom is -0.395 e. The Labute approximate surface area is 219 Å². The van der Waals surface area contributed by atoms with E-state index in [1.807, 2.05) is 45.2 Å². The molecule has 1 aromatic rings. The van der Waals surface area contributed by atoms with Crippen LogP contribution < -0.4 is 15.5 Å². The number of carbonyl (C=O) groups excluding carboxylic acids is 3. The summed E-state index contributed by atoms with van der Waals surface area (Å²) in [5, 5.41) is 51.3. The van der Waals surface area contributed by atoms with E-state index in [1.54, 1.807) is 22.6 Å². The van der Waals surface area contributed by atoms with Crippen molar-refractivity contribution >= 4 is 91.7 Å². The largest absolute Gasteiger partial charge is 0.395 e. The smallest absolute Gasteiger partial charge is 0.253 e. The molecule has 0 saturated carbocycles. The van der Waals surface area contributed by atoms with Gasteiger partial charge in [0.15, 0.2) is 0 Å². The molecule has 0 spiro atoms. The number of hydrogen-bond acceptors (Lipinski definition) is 8. The Morgan fingerprint density at radius 2 is 1.19 bits per heavy atom. The molecule has 0 aromatic heterocycles. The number of nitrogens with zero attached hydrogens (tertiary/aromatic N) is 1. The molecule has 0 aliphatic carbocycles. The summed E-state index contributed by atoms with van der Waals surface area (Å²) in [6.07, 6.45) is 0.459. The van der Waals surface area contributed by atoms with Gasteiger partial charge in [-0.25, -0.2) is 0 Å². The van der Waals surface area contributed by atoms with Crippen LogP contribution in [-0.4, -0.2) is 95.4 Å². The molecule has 31 heavy (non-hydrogen) atoms. The molecular formula is C17H22I3N3O8. The van der Waals surface area contributed by atoms with E-state index in [2.05, 4.69) is 10.6 Å². The summed E-state index contributed by atoms with van der Waals surface area (Å²) < 4.78 is 0.859. The second-order valence-corrected chi connectivity index (χ2v) is 9.37. The van der Waals surface area contributed by atoms with Gasteiger partial charge in [-0.1, -0.05) is 0 Å². The van der Waals surface area contributed by atoms with Crippen molar-refractivity contribution in [2.75, 3.05) is 44.5 Å². The van der Waals surface area contributed by atoms with Gasteiger partial charge in [-0.05, 0) is 67.8 Å². The van der Waals surface area contributed by atoms with Gasteiger partial charge < -0.3 is 41.1 Å². The molecule has 3 amide bonds. The highest BCUT2D eigenvalue weighted by atomic mass is 127. The molecule has 0 aliphatic rings. The minimum atomic E-state index is -0.938. The molecule has 1 rings (SSSR count). The van der Waals surface area contributed by atoms with Crippen molar-refractivity contribution in [2.45, 2.75) is 12.1 Å². The van der Waals surface area contributed by atoms with Gasteiger partial charge in [-0.2, -0.15) is 0 Å². The predicted molar refractivity (Wildman–Crippen MR) is 136 cm³/mol. The number of anilines is 1. The molecular weight excluding hydrogens is 755 g/mol. The maximum Gasteiger partial charge on any atom is 0.253 e. The fourth-order valence-electron chi connectivity index (χ4n) is 2.44. The molecule has 7 N–H and O–H groups in total. The topological polar surface area (TPSA) is 180 Å². The van der Waals surface area contributed by atoms with Gasteiger partial charge in [0.2, 0.25) is 6.41 Å². The third-order valence-electron chi connectivity index (χ3n) is 4.06. The van der Waals surface area contributed by atoms with Gasteiger partial charge in [0, 0.05) is 10.1 Å². The van der Waals surface area contributed by atoms with Crippen molar-refractivity contribution in [3.63, 3.8) is 0 Å². The van der Waals surface area contributed by atoms with Gasteiger partial charge >= 0.3 is 0 Å². The number of hydrogen-bond donors (Lipinski definition) is 7. The molecule has 0 saturated heterocycles. The second kappa shape index (κ2) is 14.0. The lowest BCUT2D eigenvalue weighted by molar-refractivity contribution is -0.107. The molecule has 14 heteroatoms. The van der Waals surface area contributed by atoms with Crippen LogP contribution in [0.4, 0.5) is 5.69 Å². The maximum atomic E-state index is 12.9. The van der Waals surface area contributed by atoms with Crippen LogP contribution in [0.1, 0.15) is 20.7 Å². The average molecular weight is 777 g/mol. The summed E-state index contributed by atoms with van der Waals surface area (Å²) in [5.74, 6) is -1.38. The molecule has 0 atom stereocenters. The number of aliphatic hydroxyl groups excluding tert-OH is 5. The van der Waals surface area contributed by atoms with E-state index in [0.29, 0.717) is 13.6 Å². The highest BCUT2D eigenvalue weighted by molar-refractivity contribution is 14.1. The van der Waals surface area contributed by atoms with Crippen LogP contribution in [-0.2, 0) is 4.79 Å². The zero-order chi connectivity index (χ0) is 23.7. The first-order valence-corrected chi connectivity index (χ1v) is 12.0. The van der Waals surface area contributed by atoms with E-state index < -0.39 is 50.3 Å². The fourth-order valence-corrected chi connectivity index (χ4v) is 7.21. The molecule has 1 aromatic carbocycles. The lowest BCUT2D eigenvalue weighted by Crippen LogP contribution is -2.43. The van der Waals surface area contributed by atoms with Crippen LogP contribution in [0.15, 0.2) is 0 Å². The molecule has 0 radical (unpaired) electrons. The van der Waals surface area contributed by atoms with E-state index in [4.69, 9.17) is 0 Å². The van der Waals surface area contributed by atoms with Crippen LogP contribution in [0, 0.1) is 10.7 Å². The first kappa shape index (κ1) is 28.7. The van der Waals surface area contributed by atoms with Crippen molar-refractivity contribution in [3.05, 3.63) is 21.8 Å². The van der Waals surface area contributed by atoms with Gasteiger partial charge in [0.05, 0.1) is 69.1 Å². The van der Waals surface area contributed by atoms with Gasteiger partial charge in [-0.15, -0.1) is 0 Å². The van der Waals surface area contributed by atoms with Crippen LogP contribution in [0.3, 0.4) is 0 Å². The molecule has 0 unspecified atom stereocenters. The number of rotatable bonds is 12. The number of aliphatic hydroxyl groups is 5. The third kappa shape index (κ3) is 7.05. The van der Waals surface area contributed by atoms with Gasteiger partial charge in [0.1, 0.15) is 0 Å². The summed E-state index contributed by atoms with van der Waals surface area (Å²) >= 11 is 5.50. The number of nitrogens with one attached hydrogen (secondary N) is 2. The van der Waals surface area contributed by atoms with Crippen LogP contribution in [0.25, 0.3) is 0 Å². The van der Waals surface area contributed by atoms with Crippen molar-refractivity contribution in [1.82, 2.24) is 10.6 Å². The minimum absolute atomic E-state index is 0.0306.